The first-order valence-corrected chi connectivity index (χ1v) is 5.29. The lowest BCUT2D eigenvalue weighted by atomic mass is 10.1. The summed E-state index contributed by atoms with van der Waals surface area (Å²) in [5, 5.41) is 12.7. The number of esters is 1. The van der Waals surface area contributed by atoms with Crippen LogP contribution < -0.4 is 0 Å². The third kappa shape index (κ3) is 3.65. The number of nitrogens with one attached hydrogen (secondary N) is 1. The average molecular weight is 252 g/mol. The molecule has 0 fully saturated rings. The average Bonchev–Trinajstić information content (AvgIpc) is 2.33. The second-order valence-electron chi connectivity index (χ2n) is 3.43. The Labute approximate surface area is 103 Å². The van der Waals surface area contributed by atoms with E-state index in [4.69, 9.17) is 5.53 Å². The first-order valence-electron chi connectivity index (χ1n) is 5.29. The highest BCUT2D eigenvalue weighted by atomic mass is 19.1. The first-order chi connectivity index (χ1) is 8.58. The third-order valence-electron chi connectivity index (χ3n) is 2.14. The number of aliphatic hydroxyl groups excluding tert-OH is 1. The van der Waals surface area contributed by atoms with E-state index in [1.54, 1.807) is 6.92 Å². The number of allylic oxidation sites excluding steroid dienone is 1. The van der Waals surface area contributed by atoms with Crippen LogP contribution in [0.1, 0.15) is 12.5 Å². The summed E-state index contributed by atoms with van der Waals surface area (Å²) in [6, 6.07) is 5.42. The topological polar surface area (TPSA) is 82.7 Å². The van der Waals surface area contributed by atoms with Gasteiger partial charge in [0.15, 0.2) is 0 Å². The van der Waals surface area contributed by atoms with Crippen molar-refractivity contribution in [2.45, 2.75) is 13.3 Å². The van der Waals surface area contributed by atoms with Crippen LogP contribution in [0.25, 0.3) is 0 Å². The predicted molar refractivity (Wildman–Crippen MR) is 61.5 cm³/mol. The molecule has 1 rings (SSSR count). The highest BCUT2D eigenvalue weighted by Gasteiger charge is 2.16. The fraction of sp³-hybridized carbons (Fsp3) is 0.250. The van der Waals surface area contributed by atoms with Crippen LogP contribution in [-0.2, 0) is 16.0 Å². The van der Waals surface area contributed by atoms with Gasteiger partial charge in [-0.1, -0.05) is 12.1 Å². The summed E-state index contributed by atoms with van der Waals surface area (Å²) in [4.78, 5) is 11.3. The number of halogens is 1. The molecule has 0 bridgehead atoms. The van der Waals surface area contributed by atoms with E-state index < -0.39 is 17.5 Å². The molecule has 1 aromatic rings. The van der Waals surface area contributed by atoms with E-state index in [0.29, 0.717) is 5.56 Å². The molecule has 0 radical (unpaired) electrons. The molecular formula is C12H13FN2O3. The van der Waals surface area contributed by atoms with Gasteiger partial charge in [0.25, 0.3) is 0 Å². The molecule has 0 amide bonds. The molecule has 0 spiro atoms. The van der Waals surface area contributed by atoms with Crippen LogP contribution in [0.4, 0.5) is 4.39 Å². The predicted octanol–water partition coefficient (Wildman–Crippen LogP) is 2.73. The van der Waals surface area contributed by atoms with Gasteiger partial charge in [0, 0.05) is 6.42 Å². The Morgan fingerprint density at radius 3 is 2.56 bits per heavy atom. The number of carbonyl (C=O) groups is 1. The third-order valence-corrected chi connectivity index (χ3v) is 2.14. The fourth-order valence-electron chi connectivity index (χ4n) is 1.31. The van der Waals surface area contributed by atoms with Crippen LogP contribution in [0.5, 0.6) is 0 Å². The van der Waals surface area contributed by atoms with Crippen LogP contribution in [0.3, 0.4) is 0 Å². The zero-order valence-corrected chi connectivity index (χ0v) is 9.81. The molecule has 0 atom stereocenters. The maximum atomic E-state index is 12.7. The van der Waals surface area contributed by atoms with Crippen molar-refractivity contribution in [3.63, 3.8) is 0 Å². The Balaban J connectivity index is 2.89. The monoisotopic (exact) mass is 252 g/mol. The van der Waals surface area contributed by atoms with Gasteiger partial charge >= 0.3 is 5.97 Å². The van der Waals surface area contributed by atoms with Crippen LogP contribution in [-0.4, -0.2) is 17.7 Å². The molecule has 18 heavy (non-hydrogen) atoms. The molecule has 1 aromatic carbocycles. The molecule has 0 aliphatic rings. The lowest BCUT2D eigenvalue weighted by Gasteiger charge is -2.05. The number of rotatable bonds is 5. The number of aliphatic hydroxyl groups is 1. The molecule has 0 saturated heterocycles. The Kier molecular flexibility index (Phi) is 4.98. The fourth-order valence-corrected chi connectivity index (χ4v) is 1.31. The summed E-state index contributed by atoms with van der Waals surface area (Å²) >= 11 is 0. The molecule has 0 heterocycles. The Bertz CT molecular complexity index is 469. The minimum atomic E-state index is -0.855. The number of hydrogen-bond donors (Lipinski definition) is 2. The molecule has 2 N–H and O–H groups in total. The van der Waals surface area contributed by atoms with Crippen molar-refractivity contribution in [3.05, 3.63) is 47.1 Å². The highest BCUT2D eigenvalue weighted by molar-refractivity contribution is 5.88. The number of ether oxygens (including phenoxy) is 1. The minimum absolute atomic E-state index is 0.0171. The maximum absolute atomic E-state index is 12.7. The van der Waals surface area contributed by atoms with Crippen molar-refractivity contribution < 1.29 is 19.0 Å². The summed E-state index contributed by atoms with van der Waals surface area (Å²) in [5.41, 5.74) is 7.00. The molecule has 0 aliphatic heterocycles. The van der Waals surface area contributed by atoms with Gasteiger partial charge in [0.2, 0.25) is 5.70 Å². The van der Waals surface area contributed by atoms with Gasteiger partial charge in [-0.05, 0) is 24.6 Å². The van der Waals surface area contributed by atoms with Crippen LogP contribution in [0.2, 0.25) is 0 Å². The second-order valence-corrected chi connectivity index (χ2v) is 3.43. The highest BCUT2D eigenvalue weighted by Crippen LogP contribution is 2.13. The van der Waals surface area contributed by atoms with Crippen LogP contribution in [0.15, 0.2) is 40.8 Å². The lowest BCUT2D eigenvalue weighted by Crippen LogP contribution is -2.09. The van der Waals surface area contributed by atoms with Crippen molar-refractivity contribution >= 4 is 5.97 Å². The van der Waals surface area contributed by atoms with Crippen molar-refractivity contribution in [2.75, 3.05) is 6.61 Å². The van der Waals surface area contributed by atoms with Gasteiger partial charge < -0.3 is 9.84 Å². The number of carbonyl (C=O) groups excluding carboxylic acids is 1. The second kappa shape index (κ2) is 6.48. The lowest BCUT2D eigenvalue weighted by molar-refractivity contribution is -0.138. The van der Waals surface area contributed by atoms with E-state index in [9.17, 15) is 14.3 Å². The van der Waals surface area contributed by atoms with Crippen LogP contribution >= 0.6 is 0 Å². The van der Waals surface area contributed by atoms with E-state index in [1.807, 2.05) is 0 Å². The molecule has 0 unspecified atom stereocenters. The number of benzene rings is 1. The van der Waals surface area contributed by atoms with Crippen molar-refractivity contribution in [1.29, 1.82) is 5.53 Å². The van der Waals surface area contributed by atoms with Gasteiger partial charge in [-0.2, -0.15) is 0 Å². The molecule has 6 heteroatoms. The number of hydrogen-bond acceptors (Lipinski definition) is 5. The maximum Gasteiger partial charge on any atom is 0.362 e. The number of nitrogens with zero attached hydrogens (tertiary/aromatic N) is 1. The zero-order valence-electron chi connectivity index (χ0n) is 9.81. The Hall–Kier alpha value is -2.24. The molecule has 0 saturated carbocycles. The van der Waals surface area contributed by atoms with Gasteiger partial charge in [-0.15, -0.1) is 5.11 Å². The van der Waals surface area contributed by atoms with E-state index >= 15 is 0 Å². The SMILES string of the molecule is CCOC(=O)C(N=N)=C(O)Cc1ccc(F)cc1. The molecule has 96 valence electrons. The molecule has 0 aliphatic carbocycles. The van der Waals surface area contributed by atoms with Crippen molar-refractivity contribution in [1.82, 2.24) is 0 Å². The summed E-state index contributed by atoms with van der Waals surface area (Å²) in [6.45, 7) is 1.73. The summed E-state index contributed by atoms with van der Waals surface area (Å²) in [5.74, 6) is -1.62. The first kappa shape index (κ1) is 13.8. The zero-order chi connectivity index (χ0) is 13.5. The minimum Gasteiger partial charge on any atom is -0.509 e. The molecule has 0 aromatic heterocycles. The normalized spacial score (nSPS) is 11.7. The van der Waals surface area contributed by atoms with Gasteiger partial charge in [-0.25, -0.2) is 14.7 Å². The standard InChI is InChI=1S/C12H13FN2O3/c1-2-18-12(17)11(15-14)10(16)7-8-3-5-9(13)6-4-8/h3-6,14,16H,2,7H2,1H3. The van der Waals surface area contributed by atoms with Crippen LogP contribution in [0, 0.1) is 11.3 Å². The van der Waals surface area contributed by atoms with E-state index in [0.717, 1.165) is 0 Å². The van der Waals surface area contributed by atoms with E-state index in [-0.39, 0.29) is 18.8 Å². The smallest absolute Gasteiger partial charge is 0.362 e. The summed E-state index contributed by atoms with van der Waals surface area (Å²) in [7, 11) is 0. The Morgan fingerprint density at radius 1 is 1.44 bits per heavy atom. The van der Waals surface area contributed by atoms with E-state index in [2.05, 4.69) is 9.85 Å². The Morgan fingerprint density at radius 2 is 2.06 bits per heavy atom. The van der Waals surface area contributed by atoms with Crippen molar-refractivity contribution in [2.24, 2.45) is 5.11 Å². The molecular weight excluding hydrogens is 239 g/mol. The quantitative estimate of drug-likeness (QED) is 0.366. The van der Waals surface area contributed by atoms with Crippen molar-refractivity contribution in [3.8, 4) is 0 Å². The summed E-state index contributed by atoms with van der Waals surface area (Å²) < 4.78 is 17.3. The molecule has 5 nitrogen and oxygen atoms in total. The largest absolute Gasteiger partial charge is 0.509 e. The van der Waals surface area contributed by atoms with Gasteiger partial charge in [0.05, 0.1) is 6.61 Å². The van der Waals surface area contributed by atoms with E-state index in [1.165, 1.54) is 24.3 Å². The van der Waals surface area contributed by atoms with Gasteiger partial charge in [-0.3, -0.25) is 0 Å². The van der Waals surface area contributed by atoms with Gasteiger partial charge in [0.1, 0.15) is 11.6 Å². The summed E-state index contributed by atoms with van der Waals surface area (Å²) in [6.07, 6.45) is -0.0171.